The van der Waals surface area contributed by atoms with Gasteiger partial charge in [0.05, 0.1) is 6.10 Å². The number of aromatic hydroxyl groups is 4. The van der Waals surface area contributed by atoms with Crippen LogP contribution >= 0.6 is 0 Å². The van der Waals surface area contributed by atoms with E-state index in [4.69, 9.17) is 9.15 Å². The predicted octanol–water partition coefficient (Wildman–Crippen LogP) is 0.125. The molecule has 3 unspecified atom stereocenters. The van der Waals surface area contributed by atoms with E-state index in [1.54, 1.807) is 0 Å². The molecule has 176 valence electrons. The number of phenolic OH excluding ortho intramolecular Hbond substituents is 4. The zero-order valence-electron chi connectivity index (χ0n) is 17.0. The molecule has 1 saturated carbocycles. The monoisotopic (exact) mass is 462 g/mol. The van der Waals surface area contributed by atoms with Crippen LogP contribution in [0.1, 0.15) is 6.42 Å². The summed E-state index contributed by atoms with van der Waals surface area (Å²) in [6.45, 7) is -0.518. The second-order valence-electron chi connectivity index (χ2n) is 7.94. The minimum absolute atomic E-state index is 0.0757. The lowest BCUT2D eigenvalue weighted by molar-refractivity contribution is -0.157. The zero-order chi connectivity index (χ0) is 24.0. The molecule has 0 bridgehead atoms. The summed E-state index contributed by atoms with van der Waals surface area (Å²) in [5.74, 6) is -3.58. The second-order valence-corrected chi connectivity index (χ2v) is 7.94. The van der Waals surface area contributed by atoms with Gasteiger partial charge in [-0.1, -0.05) is 0 Å². The molecule has 1 fully saturated rings. The molecule has 11 nitrogen and oxygen atoms in total. The summed E-state index contributed by atoms with van der Waals surface area (Å²) in [6, 6.07) is 5.53. The van der Waals surface area contributed by atoms with E-state index in [0.717, 1.165) is 24.3 Å². The summed E-state index contributed by atoms with van der Waals surface area (Å²) in [5, 5.41) is 79.3. The number of aliphatic hydroxyl groups excluding tert-OH is 4. The average Bonchev–Trinajstić information content (AvgIpc) is 2.76. The van der Waals surface area contributed by atoms with Crippen molar-refractivity contribution in [3.8, 4) is 40.1 Å². The van der Waals surface area contributed by atoms with Gasteiger partial charge in [-0.2, -0.15) is 0 Å². The summed E-state index contributed by atoms with van der Waals surface area (Å²) >= 11 is 0. The van der Waals surface area contributed by atoms with Crippen molar-refractivity contribution in [2.24, 2.45) is 5.92 Å². The van der Waals surface area contributed by atoms with Crippen molar-refractivity contribution in [2.75, 3.05) is 6.61 Å². The van der Waals surface area contributed by atoms with Crippen LogP contribution in [-0.4, -0.2) is 71.9 Å². The molecular weight excluding hydrogens is 440 g/mol. The van der Waals surface area contributed by atoms with E-state index in [2.05, 4.69) is 0 Å². The van der Waals surface area contributed by atoms with Crippen LogP contribution in [0.25, 0.3) is 22.3 Å². The van der Waals surface area contributed by atoms with E-state index < -0.39 is 65.4 Å². The maximum atomic E-state index is 13.3. The lowest BCUT2D eigenvalue weighted by atomic mass is 9.81. The van der Waals surface area contributed by atoms with Gasteiger partial charge >= 0.3 is 0 Å². The van der Waals surface area contributed by atoms with Crippen molar-refractivity contribution in [1.82, 2.24) is 0 Å². The summed E-state index contributed by atoms with van der Waals surface area (Å²) in [6.07, 6.45) is -6.11. The number of phenols is 4. The number of hydrogen-bond donors (Lipinski definition) is 8. The molecule has 5 atom stereocenters. The van der Waals surface area contributed by atoms with Crippen LogP contribution in [0, 0.1) is 5.92 Å². The van der Waals surface area contributed by atoms with Gasteiger partial charge in [0.1, 0.15) is 40.8 Å². The highest BCUT2D eigenvalue weighted by molar-refractivity contribution is 5.88. The minimum Gasteiger partial charge on any atom is -0.508 e. The third-order valence-corrected chi connectivity index (χ3v) is 5.76. The Hall–Kier alpha value is -3.51. The molecule has 0 saturated heterocycles. The van der Waals surface area contributed by atoms with Gasteiger partial charge < -0.3 is 50.0 Å². The van der Waals surface area contributed by atoms with Crippen LogP contribution in [0.15, 0.2) is 39.5 Å². The van der Waals surface area contributed by atoms with E-state index in [-0.39, 0.29) is 34.5 Å². The quantitative estimate of drug-likeness (QED) is 0.245. The molecule has 0 spiro atoms. The summed E-state index contributed by atoms with van der Waals surface area (Å²) in [4.78, 5) is 13.3. The first-order chi connectivity index (χ1) is 15.6. The third-order valence-electron chi connectivity index (χ3n) is 5.76. The molecule has 8 N–H and O–H groups in total. The van der Waals surface area contributed by atoms with E-state index in [1.807, 2.05) is 0 Å². The van der Waals surface area contributed by atoms with E-state index in [1.165, 1.54) is 6.07 Å². The van der Waals surface area contributed by atoms with Gasteiger partial charge in [0.25, 0.3) is 0 Å². The second kappa shape index (κ2) is 8.45. The molecule has 3 aromatic rings. The van der Waals surface area contributed by atoms with Gasteiger partial charge in [-0.3, -0.25) is 4.79 Å². The van der Waals surface area contributed by atoms with Crippen molar-refractivity contribution in [2.45, 2.75) is 30.8 Å². The maximum absolute atomic E-state index is 13.3. The Kier molecular flexibility index (Phi) is 5.80. The molecule has 4 rings (SSSR count). The van der Waals surface area contributed by atoms with Gasteiger partial charge in [-0.15, -0.1) is 0 Å². The largest absolute Gasteiger partial charge is 0.508 e. The average molecular weight is 462 g/mol. The van der Waals surface area contributed by atoms with Crippen molar-refractivity contribution in [3.63, 3.8) is 0 Å². The first-order valence-corrected chi connectivity index (χ1v) is 9.99. The van der Waals surface area contributed by atoms with E-state index in [0.29, 0.717) is 0 Å². The number of hydrogen-bond acceptors (Lipinski definition) is 11. The smallest absolute Gasteiger partial charge is 0.239 e. The van der Waals surface area contributed by atoms with Crippen LogP contribution in [-0.2, 0) is 0 Å². The van der Waals surface area contributed by atoms with E-state index >= 15 is 0 Å². The van der Waals surface area contributed by atoms with Crippen molar-refractivity contribution < 1.29 is 50.0 Å². The number of fused-ring (bicyclic) bond motifs is 1. The Morgan fingerprint density at radius 2 is 1.64 bits per heavy atom. The number of benzene rings is 2. The highest BCUT2D eigenvalue weighted by atomic mass is 16.5. The highest BCUT2D eigenvalue weighted by Gasteiger charge is 2.44. The molecule has 1 aliphatic carbocycles. The first-order valence-electron chi connectivity index (χ1n) is 9.99. The minimum atomic E-state index is -1.67. The fourth-order valence-corrected chi connectivity index (χ4v) is 3.96. The fraction of sp³-hybridized carbons (Fsp3) is 0.318. The Bertz CT molecular complexity index is 1250. The van der Waals surface area contributed by atoms with Crippen molar-refractivity contribution >= 4 is 11.0 Å². The molecule has 1 aromatic heterocycles. The van der Waals surface area contributed by atoms with Crippen molar-refractivity contribution in [3.05, 3.63) is 40.6 Å². The van der Waals surface area contributed by atoms with Crippen LogP contribution in [0.5, 0.6) is 28.7 Å². The lowest BCUT2D eigenvalue weighted by Crippen LogP contribution is -2.56. The van der Waals surface area contributed by atoms with Gasteiger partial charge in [-0.05, 0) is 24.6 Å². The Labute approximate surface area is 185 Å². The Morgan fingerprint density at radius 1 is 0.909 bits per heavy atom. The normalized spacial score (nSPS) is 25.3. The molecule has 33 heavy (non-hydrogen) atoms. The molecule has 2 aromatic carbocycles. The van der Waals surface area contributed by atoms with Gasteiger partial charge in [-0.25, -0.2) is 0 Å². The van der Waals surface area contributed by atoms with Crippen molar-refractivity contribution in [1.29, 1.82) is 0 Å². The van der Waals surface area contributed by atoms with Crippen LogP contribution in [0.3, 0.4) is 0 Å². The SMILES string of the molecule is O=c1c(O[C@H]2CC(CO)[C@H](O)C(O)C2O)c(-c2ccc(O)c(O)c2)oc2cc(O)cc(O)c12. The standard InChI is InChI=1S/C22H22O11/c23-7-9-4-15(18(29)20(31)17(9)28)33-22-19(30)16-13(27)5-10(24)6-14(16)32-21(22)8-1-2-11(25)12(26)3-8/h1-3,5-6,9,15,17-18,20,23-29,31H,4,7H2/t9?,15-,17-,18?,20?/m0/s1. The predicted molar refractivity (Wildman–Crippen MR) is 112 cm³/mol. The zero-order valence-corrected chi connectivity index (χ0v) is 17.0. The molecule has 1 heterocycles. The number of ether oxygens (including phenoxy) is 1. The summed E-state index contributed by atoms with van der Waals surface area (Å²) in [7, 11) is 0. The molecular formula is C22H22O11. The third kappa shape index (κ3) is 3.91. The fourth-order valence-electron chi connectivity index (χ4n) is 3.96. The van der Waals surface area contributed by atoms with Crippen LogP contribution < -0.4 is 10.2 Å². The number of aliphatic hydroxyl groups is 4. The van der Waals surface area contributed by atoms with Gasteiger partial charge in [0, 0.05) is 30.2 Å². The number of rotatable bonds is 4. The summed E-state index contributed by atoms with van der Waals surface area (Å²) < 4.78 is 11.5. The molecule has 11 heteroatoms. The topological polar surface area (TPSA) is 201 Å². The Balaban J connectivity index is 1.91. The van der Waals surface area contributed by atoms with Gasteiger partial charge in [0.2, 0.25) is 11.2 Å². The summed E-state index contributed by atoms with van der Waals surface area (Å²) in [5.41, 5.74) is -1.02. The molecule has 1 aliphatic rings. The molecule has 0 radical (unpaired) electrons. The van der Waals surface area contributed by atoms with Crippen LogP contribution in [0.2, 0.25) is 0 Å². The van der Waals surface area contributed by atoms with Crippen LogP contribution in [0.4, 0.5) is 0 Å². The van der Waals surface area contributed by atoms with Gasteiger partial charge in [0.15, 0.2) is 17.3 Å². The lowest BCUT2D eigenvalue weighted by Gasteiger charge is -2.39. The Morgan fingerprint density at radius 3 is 2.30 bits per heavy atom. The molecule has 0 amide bonds. The molecule has 0 aliphatic heterocycles. The van der Waals surface area contributed by atoms with E-state index in [9.17, 15) is 45.6 Å². The highest BCUT2D eigenvalue weighted by Crippen LogP contribution is 2.39. The maximum Gasteiger partial charge on any atom is 0.239 e. The first kappa shape index (κ1) is 22.7.